The van der Waals surface area contributed by atoms with Gasteiger partial charge in [-0.2, -0.15) is 0 Å². The van der Waals surface area contributed by atoms with Crippen LogP contribution in [0.4, 0.5) is 0 Å². The number of para-hydroxylation sites is 1. The number of aromatic nitrogens is 3. The van der Waals surface area contributed by atoms with Gasteiger partial charge in [0.05, 0.1) is 11.7 Å². The summed E-state index contributed by atoms with van der Waals surface area (Å²) in [4.78, 5) is 0. The van der Waals surface area contributed by atoms with Crippen LogP contribution < -0.4 is 5.32 Å². The lowest BCUT2D eigenvalue weighted by Crippen LogP contribution is -2.23. The molecule has 0 bridgehead atoms. The van der Waals surface area contributed by atoms with Crippen LogP contribution in [0.15, 0.2) is 40.9 Å². The molecular formula is C16H20N4O. The van der Waals surface area contributed by atoms with Gasteiger partial charge in [-0.3, -0.25) is 4.68 Å². The fraction of sp³-hybridized carbons (Fsp3) is 0.375. The molecule has 0 aliphatic carbocycles. The average Bonchev–Trinajstić information content (AvgIpc) is 3.09. The summed E-state index contributed by atoms with van der Waals surface area (Å²) in [5.41, 5.74) is 1.89. The van der Waals surface area contributed by atoms with E-state index < -0.39 is 0 Å². The first-order valence-electron chi connectivity index (χ1n) is 7.33. The molecule has 2 aromatic heterocycles. The van der Waals surface area contributed by atoms with Crippen molar-refractivity contribution in [3.63, 3.8) is 0 Å². The molecule has 1 unspecified atom stereocenters. The summed E-state index contributed by atoms with van der Waals surface area (Å²) < 4.78 is 7.72. The zero-order valence-corrected chi connectivity index (χ0v) is 12.4. The first kappa shape index (κ1) is 13.8. The Morgan fingerprint density at radius 3 is 2.90 bits per heavy atom. The summed E-state index contributed by atoms with van der Waals surface area (Å²) >= 11 is 0. The molecule has 0 saturated heterocycles. The lowest BCUT2D eigenvalue weighted by molar-refractivity contribution is 0.425. The lowest BCUT2D eigenvalue weighted by atomic mass is 10.1. The van der Waals surface area contributed by atoms with Crippen molar-refractivity contribution >= 4 is 11.0 Å². The predicted molar refractivity (Wildman–Crippen MR) is 82.0 cm³/mol. The molecule has 110 valence electrons. The molecule has 5 heteroatoms. The zero-order valence-electron chi connectivity index (χ0n) is 12.4. The summed E-state index contributed by atoms with van der Waals surface area (Å²) in [6.07, 6.45) is 3.80. The monoisotopic (exact) mass is 284 g/mol. The van der Waals surface area contributed by atoms with Gasteiger partial charge in [0.15, 0.2) is 0 Å². The predicted octanol–water partition coefficient (Wildman–Crippen LogP) is 2.84. The van der Waals surface area contributed by atoms with E-state index in [-0.39, 0.29) is 6.04 Å². The molecular weight excluding hydrogens is 264 g/mol. The third-order valence-electron chi connectivity index (χ3n) is 3.49. The summed E-state index contributed by atoms with van der Waals surface area (Å²) in [5.74, 6) is 0.954. The van der Waals surface area contributed by atoms with Crippen LogP contribution in [0, 0.1) is 0 Å². The maximum atomic E-state index is 5.99. The van der Waals surface area contributed by atoms with Gasteiger partial charge in [0.1, 0.15) is 11.3 Å². The molecule has 3 rings (SSSR count). The molecule has 0 aliphatic rings. The third-order valence-corrected chi connectivity index (χ3v) is 3.49. The number of rotatable bonds is 6. The molecule has 2 heterocycles. The Balaban J connectivity index is 1.86. The van der Waals surface area contributed by atoms with Crippen LogP contribution in [0.2, 0.25) is 0 Å². The minimum atomic E-state index is 0.119. The molecule has 1 aromatic carbocycles. The Morgan fingerprint density at radius 1 is 1.33 bits per heavy atom. The van der Waals surface area contributed by atoms with E-state index in [2.05, 4.69) is 34.7 Å². The second-order valence-electron chi connectivity index (χ2n) is 5.28. The molecule has 0 saturated carbocycles. The summed E-state index contributed by atoms with van der Waals surface area (Å²) in [5, 5.41) is 12.8. The number of hydrogen-bond donors (Lipinski definition) is 1. The van der Waals surface area contributed by atoms with Gasteiger partial charge >= 0.3 is 0 Å². The Bertz CT molecular complexity index is 683. The molecule has 0 fully saturated rings. The zero-order chi connectivity index (χ0) is 14.7. The van der Waals surface area contributed by atoms with Crippen molar-refractivity contribution in [1.82, 2.24) is 20.3 Å². The van der Waals surface area contributed by atoms with Gasteiger partial charge in [0, 0.05) is 25.1 Å². The molecule has 0 radical (unpaired) electrons. The van der Waals surface area contributed by atoms with Crippen LogP contribution in [-0.4, -0.2) is 21.5 Å². The highest BCUT2D eigenvalue weighted by molar-refractivity contribution is 5.77. The van der Waals surface area contributed by atoms with E-state index in [4.69, 9.17) is 4.42 Å². The van der Waals surface area contributed by atoms with Crippen molar-refractivity contribution in [2.45, 2.75) is 25.8 Å². The molecule has 1 atom stereocenters. The van der Waals surface area contributed by atoms with Gasteiger partial charge in [0.2, 0.25) is 0 Å². The van der Waals surface area contributed by atoms with E-state index in [1.165, 1.54) is 0 Å². The molecule has 0 spiro atoms. The Kier molecular flexibility index (Phi) is 4.01. The number of nitrogens with one attached hydrogen (secondary N) is 1. The molecule has 5 nitrogen and oxygen atoms in total. The van der Waals surface area contributed by atoms with E-state index in [0.717, 1.165) is 41.8 Å². The second-order valence-corrected chi connectivity index (χ2v) is 5.28. The van der Waals surface area contributed by atoms with Crippen LogP contribution in [0.1, 0.15) is 30.8 Å². The SMILES string of the molecule is CCCNC(Cc1cn(C)nn1)c1cc2ccccc2o1. The first-order valence-corrected chi connectivity index (χ1v) is 7.33. The molecule has 21 heavy (non-hydrogen) atoms. The minimum Gasteiger partial charge on any atom is -0.459 e. The number of aryl methyl sites for hydroxylation is 1. The van der Waals surface area contributed by atoms with Crippen molar-refractivity contribution in [2.24, 2.45) is 7.05 Å². The van der Waals surface area contributed by atoms with Crippen LogP contribution in [0.25, 0.3) is 11.0 Å². The van der Waals surface area contributed by atoms with Crippen LogP contribution in [-0.2, 0) is 13.5 Å². The number of hydrogen-bond acceptors (Lipinski definition) is 4. The van der Waals surface area contributed by atoms with Gasteiger partial charge in [0.25, 0.3) is 0 Å². The number of fused-ring (bicyclic) bond motifs is 1. The summed E-state index contributed by atoms with van der Waals surface area (Å²) in [6, 6.07) is 10.3. The maximum Gasteiger partial charge on any atom is 0.134 e. The van der Waals surface area contributed by atoms with Crippen molar-refractivity contribution in [3.05, 3.63) is 48.0 Å². The van der Waals surface area contributed by atoms with E-state index in [0.29, 0.717) is 0 Å². The number of furan rings is 1. The molecule has 0 amide bonds. The lowest BCUT2D eigenvalue weighted by Gasteiger charge is -2.14. The van der Waals surface area contributed by atoms with E-state index in [1.54, 1.807) is 4.68 Å². The van der Waals surface area contributed by atoms with Crippen molar-refractivity contribution in [2.75, 3.05) is 6.54 Å². The normalized spacial score (nSPS) is 12.9. The maximum absolute atomic E-state index is 5.99. The molecule has 1 N–H and O–H groups in total. The van der Waals surface area contributed by atoms with E-state index in [1.807, 2.05) is 31.4 Å². The highest BCUT2D eigenvalue weighted by Gasteiger charge is 2.17. The topological polar surface area (TPSA) is 55.9 Å². The third kappa shape index (κ3) is 3.13. The van der Waals surface area contributed by atoms with Crippen molar-refractivity contribution in [3.8, 4) is 0 Å². The van der Waals surface area contributed by atoms with E-state index >= 15 is 0 Å². The first-order chi connectivity index (χ1) is 10.3. The Morgan fingerprint density at radius 2 is 2.19 bits per heavy atom. The Hall–Kier alpha value is -2.14. The van der Waals surface area contributed by atoms with Crippen LogP contribution in [0.5, 0.6) is 0 Å². The van der Waals surface area contributed by atoms with Crippen LogP contribution in [0.3, 0.4) is 0 Å². The van der Waals surface area contributed by atoms with Gasteiger partial charge in [-0.05, 0) is 25.1 Å². The number of benzene rings is 1. The summed E-state index contributed by atoms with van der Waals surface area (Å²) in [7, 11) is 1.88. The highest BCUT2D eigenvalue weighted by Crippen LogP contribution is 2.25. The molecule has 3 aromatic rings. The van der Waals surface area contributed by atoms with E-state index in [9.17, 15) is 0 Å². The van der Waals surface area contributed by atoms with Crippen LogP contribution >= 0.6 is 0 Å². The smallest absolute Gasteiger partial charge is 0.134 e. The quantitative estimate of drug-likeness (QED) is 0.756. The van der Waals surface area contributed by atoms with Gasteiger partial charge in [-0.15, -0.1) is 5.10 Å². The van der Waals surface area contributed by atoms with Gasteiger partial charge in [-0.25, -0.2) is 0 Å². The largest absolute Gasteiger partial charge is 0.459 e. The van der Waals surface area contributed by atoms with Gasteiger partial charge in [-0.1, -0.05) is 30.3 Å². The second kappa shape index (κ2) is 6.10. The van der Waals surface area contributed by atoms with Gasteiger partial charge < -0.3 is 9.73 Å². The van der Waals surface area contributed by atoms with Crippen molar-refractivity contribution < 1.29 is 4.42 Å². The standard InChI is InChI=1S/C16H20N4O/c1-3-8-17-14(10-13-11-20(2)19-18-13)16-9-12-6-4-5-7-15(12)21-16/h4-7,9,11,14,17H,3,8,10H2,1-2H3. The fourth-order valence-corrected chi connectivity index (χ4v) is 2.46. The fourth-order valence-electron chi connectivity index (χ4n) is 2.46. The van der Waals surface area contributed by atoms with Crippen molar-refractivity contribution in [1.29, 1.82) is 0 Å². The Labute approximate surface area is 123 Å². The molecule has 0 aliphatic heterocycles. The number of nitrogens with zero attached hydrogens (tertiary/aromatic N) is 3. The minimum absolute atomic E-state index is 0.119. The highest BCUT2D eigenvalue weighted by atomic mass is 16.3. The average molecular weight is 284 g/mol. The summed E-state index contributed by atoms with van der Waals surface area (Å²) in [6.45, 7) is 3.10.